The summed E-state index contributed by atoms with van der Waals surface area (Å²) >= 11 is 0. The number of nitrogens with zero attached hydrogens (tertiary/aromatic N) is 1. The molecule has 88 valence electrons. The van der Waals surface area contributed by atoms with Crippen LogP contribution in [0.2, 0.25) is 0 Å². The second kappa shape index (κ2) is 5.64. The first-order valence-electron chi connectivity index (χ1n) is 6.30. The van der Waals surface area contributed by atoms with Gasteiger partial charge in [-0.3, -0.25) is 9.69 Å². The van der Waals surface area contributed by atoms with Gasteiger partial charge < -0.3 is 0 Å². The molecule has 1 fully saturated rings. The smallest absolute Gasteiger partial charge is 0.149 e. The summed E-state index contributed by atoms with van der Waals surface area (Å²) in [7, 11) is 0. The summed E-state index contributed by atoms with van der Waals surface area (Å²) in [5, 5.41) is 0. The van der Waals surface area contributed by atoms with E-state index >= 15 is 0 Å². The Bertz CT molecular complexity index is 211. The van der Waals surface area contributed by atoms with Crippen molar-refractivity contribution in [1.82, 2.24) is 4.90 Å². The highest BCUT2D eigenvalue weighted by Gasteiger charge is 2.29. The molecule has 1 rings (SSSR count). The zero-order chi connectivity index (χ0) is 11.4. The highest BCUT2D eigenvalue weighted by atomic mass is 16.1. The quantitative estimate of drug-likeness (QED) is 0.712. The lowest BCUT2D eigenvalue weighted by molar-refractivity contribution is -0.127. The van der Waals surface area contributed by atoms with Crippen LogP contribution >= 0.6 is 0 Å². The van der Waals surface area contributed by atoms with Crippen LogP contribution in [-0.2, 0) is 4.79 Å². The van der Waals surface area contributed by atoms with Gasteiger partial charge in [0.05, 0.1) is 6.04 Å². The fraction of sp³-hybridized carbons (Fsp3) is 0.923. The first-order chi connectivity index (χ1) is 7.02. The van der Waals surface area contributed by atoms with Crippen LogP contribution in [0.4, 0.5) is 0 Å². The molecule has 0 radical (unpaired) electrons. The Morgan fingerprint density at radius 3 is 2.40 bits per heavy atom. The van der Waals surface area contributed by atoms with E-state index in [2.05, 4.69) is 32.6 Å². The Kier molecular flexibility index (Phi) is 4.78. The average Bonchev–Trinajstić information content (AvgIpc) is 2.15. The summed E-state index contributed by atoms with van der Waals surface area (Å²) in [4.78, 5) is 14.3. The molecule has 0 bridgehead atoms. The van der Waals surface area contributed by atoms with Gasteiger partial charge in [0.2, 0.25) is 0 Å². The Labute approximate surface area is 94.0 Å². The van der Waals surface area contributed by atoms with Crippen LogP contribution in [0, 0.1) is 5.92 Å². The Morgan fingerprint density at radius 2 is 1.93 bits per heavy atom. The molecule has 1 aliphatic rings. The van der Waals surface area contributed by atoms with Crippen molar-refractivity contribution in [3.8, 4) is 0 Å². The van der Waals surface area contributed by atoms with E-state index in [-0.39, 0.29) is 6.04 Å². The third kappa shape index (κ3) is 3.60. The highest BCUT2D eigenvalue weighted by molar-refractivity contribution is 5.84. The second-order valence-corrected chi connectivity index (χ2v) is 5.41. The van der Waals surface area contributed by atoms with Crippen LogP contribution < -0.4 is 0 Å². The number of ketones is 1. The van der Waals surface area contributed by atoms with Crippen molar-refractivity contribution in [1.29, 1.82) is 0 Å². The number of Topliss-reactive ketones (excluding diaryl/α,β-unsaturated/α-hetero) is 1. The van der Waals surface area contributed by atoms with Gasteiger partial charge in [-0.25, -0.2) is 0 Å². The van der Waals surface area contributed by atoms with E-state index in [1.54, 1.807) is 0 Å². The predicted molar refractivity (Wildman–Crippen MR) is 63.9 cm³/mol. The second-order valence-electron chi connectivity index (χ2n) is 5.41. The SMILES string of the molecule is CC(C)CN(C(C)C)C1CCCCC1=O. The summed E-state index contributed by atoms with van der Waals surface area (Å²) in [6, 6.07) is 0.695. The van der Waals surface area contributed by atoms with Gasteiger partial charge in [0.15, 0.2) is 0 Å². The van der Waals surface area contributed by atoms with Crippen molar-refractivity contribution in [2.75, 3.05) is 6.54 Å². The molecule has 0 amide bonds. The fourth-order valence-corrected chi connectivity index (χ4v) is 2.43. The molecule has 15 heavy (non-hydrogen) atoms. The van der Waals surface area contributed by atoms with E-state index < -0.39 is 0 Å². The molecule has 0 spiro atoms. The van der Waals surface area contributed by atoms with Gasteiger partial charge in [-0.2, -0.15) is 0 Å². The van der Waals surface area contributed by atoms with Crippen molar-refractivity contribution >= 4 is 5.78 Å². The number of hydrogen-bond acceptors (Lipinski definition) is 2. The third-order valence-electron chi connectivity index (χ3n) is 3.16. The van der Waals surface area contributed by atoms with Crippen molar-refractivity contribution in [2.45, 2.75) is 65.5 Å². The number of carbonyl (C=O) groups excluding carboxylic acids is 1. The lowest BCUT2D eigenvalue weighted by Crippen LogP contribution is -2.48. The Balaban J connectivity index is 2.64. The van der Waals surface area contributed by atoms with Crippen LogP contribution in [0.1, 0.15) is 53.4 Å². The molecule has 1 atom stereocenters. The summed E-state index contributed by atoms with van der Waals surface area (Å²) in [5.41, 5.74) is 0. The maximum absolute atomic E-state index is 11.9. The molecule has 0 aromatic rings. The monoisotopic (exact) mass is 211 g/mol. The maximum atomic E-state index is 11.9. The van der Waals surface area contributed by atoms with Crippen LogP contribution in [0.15, 0.2) is 0 Å². The van der Waals surface area contributed by atoms with E-state index in [1.165, 1.54) is 6.42 Å². The largest absolute Gasteiger partial charge is 0.298 e. The molecular formula is C13H25NO. The van der Waals surface area contributed by atoms with Gasteiger partial charge >= 0.3 is 0 Å². The molecular weight excluding hydrogens is 186 g/mol. The van der Waals surface area contributed by atoms with Gasteiger partial charge in [0.1, 0.15) is 5.78 Å². The lowest BCUT2D eigenvalue weighted by Gasteiger charge is -2.37. The van der Waals surface area contributed by atoms with E-state index in [4.69, 9.17) is 0 Å². The molecule has 1 saturated carbocycles. The topological polar surface area (TPSA) is 20.3 Å². The number of rotatable bonds is 4. The first kappa shape index (κ1) is 12.7. The molecule has 0 aromatic carbocycles. The normalized spacial score (nSPS) is 23.1. The molecule has 2 nitrogen and oxygen atoms in total. The van der Waals surface area contributed by atoms with E-state index in [1.807, 2.05) is 0 Å². The van der Waals surface area contributed by atoms with E-state index in [0.717, 1.165) is 25.8 Å². The van der Waals surface area contributed by atoms with Crippen LogP contribution in [0.5, 0.6) is 0 Å². The van der Waals surface area contributed by atoms with Gasteiger partial charge in [-0.15, -0.1) is 0 Å². The van der Waals surface area contributed by atoms with Crippen LogP contribution in [0.25, 0.3) is 0 Å². The molecule has 0 aromatic heterocycles. The molecule has 1 unspecified atom stereocenters. The van der Waals surface area contributed by atoms with Crippen LogP contribution in [-0.4, -0.2) is 29.3 Å². The summed E-state index contributed by atoms with van der Waals surface area (Å²) < 4.78 is 0. The first-order valence-corrected chi connectivity index (χ1v) is 6.30. The Hall–Kier alpha value is -0.370. The minimum absolute atomic E-state index is 0.209. The summed E-state index contributed by atoms with van der Waals surface area (Å²) in [5.74, 6) is 1.11. The van der Waals surface area contributed by atoms with Crippen molar-refractivity contribution in [2.24, 2.45) is 5.92 Å². The zero-order valence-corrected chi connectivity index (χ0v) is 10.6. The average molecular weight is 211 g/mol. The summed E-state index contributed by atoms with van der Waals surface area (Å²) in [6.07, 6.45) is 4.19. The van der Waals surface area contributed by atoms with Gasteiger partial charge in [-0.05, 0) is 32.6 Å². The van der Waals surface area contributed by atoms with Crippen molar-refractivity contribution in [3.05, 3.63) is 0 Å². The minimum Gasteiger partial charge on any atom is -0.298 e. The fourth-order valence-electron chi connectivity index (χ4n) is 2.43. The lowest BCUT2D eigenvalue weighted by atomic mass is 9.91. The zero-order valence-electron chi connectivity index (χ0n) is 10.6. The summed E-state index contributed by atoms with van der Waals surface area (Å²) in [6.45, 7) is 9.90. The van der Waals surface area contributed by atoms with E-state index in [0.29, 0.717) is 17.7 Å². The molecule has 2 heteroatoms. The number of hydrogen-bond donors (Lipinski definition) is 0. The van der Waals surface area contributed by atoms with Gasteiger partial charge in [0, 0.05) is 19.0 Å². The maximum Gasteiger partial charge on any atom is 0.149 e. The number of carbonyl (C=O) groups is 1. The third-order valence-corrected chi connectivity index (χ3v) is 3.16. The molecule has 0 saturated heterocycles. The molecule has 1 aliphatic carbocycles. The molecule has 0 N–H and O–H groups in total. The van der Waals surface area contributed by atoms with E-state index in [9.17, 15) is 4.79 Å². The molecule has 0 aliphatic heterocycles. The minimum atomic E-state index is 0.209. The predicted octanol–water partition coefficient (Wildman–Crippen LogP) is 2.86. The highest BCUT2D eigenvalue weighted by Crippen LogP contribution is 2.22. The van der Waals surface area contributed by atoms with Crippen LogP contribution in [0.3, 0.4) is 0 Å². The van der Waals surface area contributed by atoms with Gasteiger partial charge in [0.25, 0.3) is 0 Å². The van der Waals surface area contributed by atoms with Crippen molar-refractivity contribution < 1.29 is 4.79 Å². The Morgan fingerprint density at radius 1 is 1.27 bits per heavy atom. The molecule has 0 heterocycles. The van der Waals surface area contributed by atoms with Gasteiger partial charge in [-0.1, -0.05) is 20.3 Å². The van der Waals surface area contributed by atoms with Crippen molar-refractivity contribution in [3.63, 3.8) is 0 Å². The standard InChI is InChI=1S/C13H25NO/c1-10(2)9-14(11(3)4)12-7-5-6-8-13(12)15/h10-12H,5-9H2,1-4H3.